The fraction of sp³-hybridized carbons (Fsp3) is 1.00. The van der Waals surface area contributed by atoms with Crippen LogP contribution in [0.15, 0.2) is 0 Å². The molecule has 0 aliphatic rings. The van der Waals surface area contributed by atoms with E-state index in [1.54, 1.807) is 0 Å². The van der Waals surface area contributed by atoms with Crippen LogP contribution in [0.5, 0.6) is 0 Å². The van der Waals surface area contributed by atoms with Gasteiger partial charge in [-0.1, -0.05) is 26.7 Å². The predicted octanol–water partition coefficient (Wildman–Crippen LogP) is 1.86. The smallest absolute Gasteiger partial charge is 0.277 e. The molecule has 0 aromatic heterocycles. The van der Waals surface area contributed by atoms with Crippen molar-refractivity contribution in [3.8, 4) is 0 Å². The van der Waals surface area contributed by atoms with E-state index in [9.17, 15) is 0 Å². The summed E-state index contributed by atoms with van der Waals surface area (Å²) in [5.74, 6) is 1.52. The lowest BCUT2D eigenvalue weighted by Crippen LogP contribution is -2.05. The zero-order chi connectivity index (χ0) is 10.3. The SMILES string of the molecule is CCCCS(CCCC)=P(O)(O)O. The van der Waals surface area contributed by atoms with Gasteiger partial charge in [0.1, 0.15) is 0 Å². The van der Waals surface area contributed by atoms with Crippen LogP contribution in [-0.4, -0.2) is 26.2 Å². The summed E-state index contributed by atoms with van der Waals surface area (Å²) in [5, 5.41) is 0. The van der Waals surface area contributed by atoms with Crippen molar-refractivity contribution in [2.75, 3.05) is 11.5 Å². The third-order valence-corrected chi connectivity index (χ3v) is 7.20. The minimum absolute atomic E-state index is 0.564. The quantitative estimate of drug-likeness (QED) is 0.608. The van der Waals surface area contributed by atoms with Crippen molar-refractivity contribution in [1.82, 2.24) is 0 Å². The van der Waals surface area contributed by atoms with Gasteiger partial charge < -0.3 is 14.7 Å². The maximum absolute atomic E-state index is 9.17. The zero-order valence-corrected chi connectivity index (χ0v) is 10.2. The standard InChI is InChI=1S/C8H21O3PS/c1-3-5-7-13(8-6-4-2)12(9,10)11/h9-11H,3-8H2,1-2H3. The molecule has 0 rings (SSSR count). The van der Waals surface area contributed by atoms with Crippen molar-refractivity contribution >= 4 is 16.8 Å². The molecule has 0 aromatic carbocycles. The van der Waals surface area contributed by atoms with Gasteiger partial charge in [0.15, 0.2) is 0 Å². The molecule has 0 saturated heterocycles. The summed E-state index contributed by atoms with van der Waals surface area (Å²) in [5.41, 5.74) is 0. The van der Waals surface area contributed by atoms with Gasteiger partial charge in [0.2, 0.25) is 0 Å². The van der Waals surface area contributed by atoms with E-state index in [1.807, 2.05) is 0 Å². The van der Waals surface area contributed by atoms with Crippen LogP contribution < -0.4 is 0 Å². The molecule has 82 valence electrons. The lowest BCUT2D eigenvalue weighted by Gasteiger charge is -2.14. The lowest BCUT2D eigenvalue weighted by molar-refractivity contribution is 0.362. The van der Waals surface area contributed by atoms with E-state index in [-0.39, 0.29) is 0 Å². The minimum atomic E-state index is -3.56. The molecule has 0 aliphatic heterocycles. The highest BCUT2D eigenvalue weighted by molar-refractivity contribution is 8.27. The third-order valence-electron chi connectivity index (χ3n) is 1.81. The van der Waals surface area contributed by atoms with E-state index >= 15 is 0 Å². The maximum atomic E-state index is 9.17. The first-order valence-electron chi connectivity index (χ1n) is 4.77. The summed E-state index contributed by atoms with van der Waals surface area (Å²) in [4.78, 5) is 27.5. The molecular weight excluding hydrogens is 207 g/mol. The van der Waals surface area contributed by atoms with Crippen LogP contribution in [-0.2, 0) is 10.1 Å². The van der Waals surface area contributed by atoms with E-state index < -0.39 is 16.8 Å². The molecule has 3 nitrogen and oxygen atoms in total. The second-order valence-electron chi connectivity index (χ2n) is 3.09. The molecule has 0 atom stereocenters. The Hall–Kier alpha value is 0.660. The number of rotatable bonds is 6. The molecule has 0 bridgehead atoms. The molecule has 0 heterocycles. The zero-order valence-electron chi connectivity index (χ0n) is 8.44. The summed E-state index contributed by atoms with van der Waals surface area (Å²) < 4.78 is 0. The molecule has 3 N–H and O–H groups in total. The molecule has 0 aromatic rings. The van der Waals surface area contributed by atoms with Crippen LogP contribution in [0.2, 0.25) is 0 Å². The predicted molar refractivity (Wildman–Crippen MR) is 60.5 cm³/mol. The molecule has 13 heavy (non-hydrogen) atoms. The van der Waals surface area contributed by atoms with Crippen LogP contribution in [0.25, 0.3) is 0 Å². The largest absolute Gasteiger partial charge is 0.329 e. The Kier molecular flexibility index (Phi) is 7.37. The molecule has 0 aliphatic carbocycles. The average Bonchev–Trinajstić information content (AvgIpc) is 2.02. The topological polar surface area (TPSA) is 60.7 Å². The highest BCUT2D eigenvalue weighted by atomic mass is 32.5. The summed E-state index contributed by atoms with van der Waals surface area (Å²) in [7, 11) is -0.564. The Labute approximate surface area is 83.0 Å². The third kappa shape index (κ3) is 6.69. The molecule has 0 amide bonds. The molecule has 0 radical (unpaired) electrons. The van der Waals surface area contributed by atoms with E-state index in [0.29, 0.717) is 0 Å². The van der Waals surface area contributed by atoms with Crippen LogP contribution in [0, 0.1) is 0 Å². The fourth-order valence-corrected chi connectivity index (χ4v) is 5.15. The number of unbranched alkanes of at least 4 members (excludes halogenated alkanes) is 2. The highest BCUT2D eigenvalue weighted by Gasteiger charge is 2.11. The Bertz CT molecular complexity index is 170. The van der Waals surface area contributed by atoms with Crippen LogP contribution in [0.3, 0.4) is 0 Å². The summed E-state index contributed by atoms with van der Waals surface area (Å²) in [6.45, 7) is 0.569. The molecule has 5 heteroatoms. The highest BCUT2D eigenvalue weighted by Crippen LogP contribution is 2.37. The molecule has 0 spiro atoms. The summed E-state index contributed by atoms with van der Waals surface area (Å²) in [6, 6.07) is 0. The van der Waals surface area contributed by atoms with E-state index in [1.165, 1.54) is 0 Å². The first-order valence-corrected chi connectivity index (χ1v) is 8.59. The Morgan fingerprint density at radius 3 is 1.54 bits per heavy atom. The molecule has 0 fully saturated rings. The molecular formula is C8H21O3PS. The maximum Gasteiger partial charge on any atom is 0.277 e. The summed E-state index contributed by atoms with van der Waals surface area (Å²) >= 11 is 0. The Balaban J connectivity index is 4.21. The normalized spacial score (nSPS) is 12.5. The Morgan fingerprint density at radius 1 is 0.923 bits per heavy atom. The van der Waals surface area contributed by atoms with Crippen molar-refractivity contribution < 1.29 is 14.7 Å². The van der Waals surface area contributed by atoms with Gasteiger partial charge in [0.05, 0.1) is 0 Å². The first-order chi connectivity index (χ1) is 6.02. The van der Waals surface area contributed by atoms with Crippen LogP contribution in [0.4, 0.5) is 0 Å². The van der Waals surface area contributed by atoms with E-state index in [2.05, 4.69) is 13.8 Å². The van der Waals surface area contributed by atoms with Gasteiger partial charge in [-0.05, 0) is 24.3 Å². The van der Waals surface area contributed by atoms with Crippen LogP contribution in [0.1, 0.15) is 39.5 Å². The van der Waals surface area contributed by atoms with Crippen molar-refractivity contribution in [2.45, 2.75) is 39.5 Å². The number of hydrogen-bond donors (Lipinski definition) is 3. The first kappa shape index (κ1) is 13.7. The van der Waals surface area contributed by atoms with Gasteiger partial charge in [-0.3, -0.25) is 0 Å². The van der Waals surface area contributed by atoms with E-state index in [0.717, 1.165) is 37.2 Å². The second-order valence-corrected chi connectivity index (χ2v) is 8.88. The molecule has 0 unspecified atom stereocenters. The van der Waals surface area contributed by atoms with Crippen molar-refractivity contribution in [3.63, 3.8) is 0 Å². The Morgan fingerprint density at radius 2 is 1.31 bits per heavy atom. The average molecular weight is 228 g/mol. The minimum Gasteiger partial charge on any atom is -0.329 e. The lowest BCUT2D eigenvalue weighted by atomic mass is 10.4. The van der Waals surface area contributed by atoms with Crippen molar-refractivity contribution in [2.24, 2.45) is 0 Å². The number of hydrogen-bond acceptors (Lipinski definition) is 0. The van der Waals surface area contributed by atoms with Gasteiger partial charge in [-0.2, -0.15) is 0 Å². The molecule has 0 saturated carbocycles. The van der Waals surface area contributed by atoms with Crippen LogP contribution >= 0.6 is 6.72 Å². The summed E-state index contributed by atoms with van der Waals surface area (Å²) in [6.07, 6.45) is 4.01. The monoisotopic (exact) mass is 228 g/mol. The van der Waals surface area contributed by atoms with Crippen molar-refractivity contribution in [1.29, 1.82) is 0 Å². The van der Waals surface area contributed by atoms with Gasteiger partial charge in [-0.25, -0.2) is 0 Å². The van der Waals surface area contributed by atoms with E-state index in [4.69, 9.17) is 14.7 Å². The fourth-order valence-electron chi connectivity index (χ4n) is 0.969. The van der Waals surface area contributed by atoms with Gasteiger partial charge in [0, 0.05) is 0 Å². The van der Waals surface area contributed by atoms with Crippen molar-refractivity contribution in [3.05, 3.63) is 0 Å². The van der Waals surface area contributed by atoms with Gasteiger partial charge >= 0.3 is 0 Å². The second kappa shape index (κ2) is 7.02. The van der Waals surface area contributed by atoms with Gasteiger partial charge in [-0.15, -0.1) is 10.1 Å². The van der Waals surface area contributed by atoms with Gasteiger partial charge in [0.25, 0.3) is 6.72 Å².